The summed E-state index contributed by atoms with van der Waals surface area (Å²) in [6, 6.07) is 4.78. The largest absolute Gasteiger partial charge is 0.494 e. The maximum Gasteiger partial charge on any atom is 0.227 e. The molecule has 5 heteroatoms. The summed E-state index contributed by atoms with van der Waals surface area (Å²) in [6.45, 7) is 0.307. The Hall–Kier alpha value is -1.62. The van der Waals surface area contributed by atoms with E-state index in [1.54, 1.807) is 11.0 Å². The molecule has 0 atom stereocenters. The van der Waals surface area contributed by atoms with Gasteiger partial charge in [-0.2, -0.15) is 0 Å². The number of aliphatic hydroxyl groups is 1. The standard InChI is InChI=1S/C16H22FNO3/c1-21-15-7-6-12(10-14(15)17)11-16(20)18(8-9-19)13-4-2-3-5-13/h6-7,10,13,19H,2-5,8-9,11H2,1H3. The second kappa shape index (κ2) is 7.41. The van der Waals surface area contributed by atoms with E-state index in [0.717, 1.165) is 25.7 Å². The number of halogens is 1. The van der Waals surface area contributed by atoms with Gasteiger partial charge >= 0.3 is 0 Å². The summed E-state index contributed by atoms with van der Waals surface area (Å²) in [4.78, 5) is 14.2. The zero-order chi connectivity index (χ0) is 15.2. The Morgan fingerprint density at radius 3 is 2.71 bits per heavy atom. The molecule has 1 amide bonds. The number of carbonyl (C=O) groups excluding carboxylic acids is 1. The average molecular weight is 295 g/mol. The summed E-state index contributed by atoms with van der Waals surface area (Å²) in [5, 5.41) is 9.15. The van der Waals surface area contributed by atoms with Gasteiger partial charge in [-0.3, -0.25) is 4.79 Å². The number of carbonyl (C=O) groups is 1. The molecule has 0 heterocycles. The van der Waals surface area contributed by atoms with Crippen molar-refractivity contribution in [3.05, 3.63) is 29.6 Å². The molecular formula is C16H22FNO3. The van der Waals surface area contributed by atoms with E-state index in [1.807, 2.05) is 0 Å². The fraction of sp³-hybridized carbons (Fsp3) is 0.562. The average Bonchev–Trinajstić information content (AvgIpc) is 2.98. The van der Waals surface area contributed by atoms with Gasteiger partial charge in [0.15, 0.2) is 11.6 Å². The monoisotopic (exact) mass is 295 g/mol. The number of hydrogen-bond acceptors (Lipinski definition) is 3. The van der Waals surface area contributed by atoms with Gasteiger partial charge in [-0.15, -0.1) is 0 Å². The minimum absolute atomic E-state index is 0.0424. The van der Waals surface area contributed by atoms with Crippen molar-refractivity contribution in [3.63, 3.8) is 0 Å². The highest BCUT2D eigenvalue weighted by Gasteiger charge is 2.26. The number of nitrogens with zero attached hydrogens (tertiary/aromatic N) is 1. The van der Waals surface area contributed by atoms with Crippen LogP contribution in [0.2, 0.25) is 0 Å². The number of methoxy groups -OCH3 is 1. The van der Waals surface area contributed by atoms with Gasteiger partial charge in [-0.25, -0.2) is 4.39 Å². The maximum absolute atomic E-state index is 13.7. The number of aliphatic hydroxyl groups excluding tert-OH is 1. The Morgan fingerprint density at radius 2 is 2.14 bits per heavy atom. The first-order valence-electron chi connectivity index (χ1n) is 7.38. The molecule has 0 unspecified atom stereocenters. The van der Waals surface area contributed by atoms with Crippen LogP contribution in [-0.4, -0.2) is 42.2 Å². The summed E-state index contributed by atoms with van der Waals surface area (Å²) < 4.78 is 18.5. The summed E-state index contributed by atoms with van der Waals surface area (Å²) >= 11 is 0. The van der Waals surface area contributed by atoms with E-state index in [-0.39, 0.29) is 30.7 Å². The quantitative estimate of drug-likeness (QED) is 0.875. The lowest BCUT2D eigenvalue weighted by Crippen LogP contribution is -2.41. The lowest BCUT2D eigenvalue weighted by Gasteiger charge is -2.28. The van der Waals surface area contributed by atoms with Crippen LogP contribution in [0.3, 0.4) is 0 Å². The Bertz CT molecular complexity index is 486. The molecule has 4 nitrogen and oxygen atoms in total. The third-order valence-electron chi connectivity index (χ3n) is 4.00. The van der Waals surface area contributed by atoms with Gasteiger partial charge in [0.25, 0.3) is 0 Å². The van der Waals surface area contributed by atoms with Crippen LogP contribution in [0.25, 0.3) is 0 Å². The smallest absolute Gasteiger partial charge is 0.227 e. The van der Waals surface area contributed by atoms with E-state index in [2.05, 4.69) is 0 Å². The van der Waals surface area contributed by atoms with E-state index in [1.165, 1.54) is 19.2 Å². The van der Waals surface area contributed by atoms with E-state index in [4.69, 9.17) is 9.84 Å². The highest BCUT2D eigenvalue weighted by atomic mass is 19.1. The lowest BCUT2D eigenvalue weighted by atomic mass is 10.1. The molecule has 1 fully saturated rings. The van der Waals surface area contributed by atoms with Crippen molar-refractivity contribution in [1.82, 2.24) is 4.90 Å². The van der Waals surface area contributed by atoms with Crippen LogP contribution in [0, 0.1) is 5.82 Å². The SMILES string of the molecule is COc1ccc(CC(=O)N(CCO)C2CCCC2)cc1F. The highest BCUT2D eigenvalue weighted by molar-refractivity contribution is 5.79. The van der Waals surface area contributed by atoms with Crippen LogP contribution in [0.1, 0.15) is 31.2 Å². The number of amides is 1. The normalized spacial score (nSPS) is 15.2. The second-order valence-electron chi connectivity index (χ2n) is 5.39. The molecule has 1 aromatic carbocycles. The molecule has 1 aliphatic carbocycles. The zero-order valence-electron chi connectivity index (χ0n) is 12.3. The molecule has 116 valence electrons. The lowest BCUT2D eigenvalue weighted by molar-refractivity contribution is -0.133. The third-order valence-corrected chi connectivity index (χ3v) is 4.00. The first-order chi connectivity index (χ1) is 10.2. The van der Waals surface area contributed by atoms with Gasteiger partial charge < -0.3 is 14.7 Å². The summed E-state index contributed by atoms with van der Waals surface area (Å²) in [5.41, 5.74) is 0.624. The summed E-state index contributed by atoms with van der Waals surface area (Å²) in [7, 11) is 1.41. The molecule has 1 aliphatic rings. The van der Waals surface area contributed by atoms with Gasteiger partial charge in [0.05, 0.1) is 20.1 Å². The van der Waals surface area contributed by atoms with Crippen LogP contribution in [-0.2, 0) is 11.2 Å². The molecule has 1 aromatic rings. The third kappa shape index (κ3) is 3.94. The minimum Gasteiger partial charge on any atom is -0.494 e. The van der Waals surface area contributed by atoms with Gasteiger partial charge in [-0.05, 0) is 30.5 Å². The van der Waals surface area contributed by atoms with E-state index in [9.17, 15) is 9.18 Å². The van der Waals surface area contributed by atoms with Crippen molar-refractivity contribution < 1.29 is 19.0 Å². The number of hydrogen-bond donors (Lipinski definition) is 1. The van der Waals surface area contributed by atoms with Crippen LogP contribution in [0.15, 0.2) is 18.2 Å². The first-order valence-corrected chi connectivity index (χ1v) is 7.38. The zero-order valence-corrected chi connectivity index (χ0v) is 12.3. The van der Waals surface area contributed by atoms with E-state index in [0.29, 0.717) is 12.1 Å². The molecule has 0 saturated heterocycles. The number of benzene rings is 1. The Balaban J connectivity index is 2.05. The fourth-order valence-electron chi connectivity index (χ4n) is 2.93. The molecule has 2 rings (SSSR count). The molecule has 0 aliphatic heterocycles. The van der Waals surface area contributed by atoms with Crippen molar-refractivity contribution in [1.29, 1.82) is 0 Å². The van der Waals surface area contributed by atoms with Gasteiger partial charge in [0.1, 0.15) is 0 Å². The maximum atomic E-state index is 13.7. The van der Waals surface area contributed by atoms with Crippen molar-refractivity contribution >= 4 is 5.91 Å². The predicted octanol–water partition coefficient (Wildman–Crippen LogP) is 2.14. The van der Waals surface area contributed by atoms with Crippen molar-refractivity contribution in [3.8, 4) is 5.75 Å². The summed E-state index contributed by atoms with van der Waals surface area (Å²) in [5.74, 6) is -0.341. The molecule has 1 saturated carbocycles. The summed E-state index contributed by atoms with van der Waals surface area (Å²) in [6.07, 6.45) is 4.37. The molecular weight excluding hydrogens is 273 g/mol. The van der Waals surface area contributed by atoms with E-state index >= 15 is 0 Å². The Morgan fingerprint density at radius 1 is 1.43 bits per heavy atom. The Labute approximate surface area is 124 Å². The predicted molar refractivity (Wildman–Crippen MR) is 77.7 cm³/mol. The minimum atomic E-state index is -0.461. The van der Waals surface area contributed by atoms with Crippen LogP contribution in [0.5, 0.6) is 5.75 Å². The molecule has 0 aromatic heterocycles. The molecule has 0 radical (unpaired) electrons. The van der Waals surface area contributed by atoms with Gasteiger partial charge in [0.2, 0.25) is 5.91 Å². The topological polar surface area (TPSA) is 49.8 Å². The fourth-order valence-corrected chi connectivity index (χ4v) is 2.93. The first kappa shape index (κ1) is 15.8. The van der Waals surface area contributed by atoms with E-state index < -0.39 is 5.82 Å². The van der Waals surface area contributed by atoms with Gasteiger partial charge in [0, 0.05) is 12.6 Å². The van der Waals surface area contributed by atoms with Gasteiger partial charge in [-0.1, -0.05) is 18.9 Å². The molecule has 1 N–H and O–H groups in total. The second-order valence-corrected chi connectivity index (χ2v) is 5.39. The van der Waals surface area contributed by atoms with Crippen LogP contribution >= 0.6 is 0 Å². The van der Waals surface area contributed by atoms with Crippen LogP contribution < -0.4 is 4.74 Å². The van der Waals surface area contributed by atoms with Crippen molar-refractivity contribution in [2.45, 2.75) is 38.1 Å². The molecule has 21 heavy (non-hydrogen) atoms. The van der Waals surface area contributed by atoms with Crippen LogP contribution in [0.4, 0.5) is 4.39 Å². The highest BCUT2D eigenvalue weighted by Crippen LogP contribution is 2.24. The molecule has 0 spiro atoms. The Kier molecular flexibility index (Phi) is 5.56. The number of ether oxygens (including phenoxy) is 1. The van der Waals surface area contributed by atoms with Crippen molar-refractivity contribution in [2.75, 3.05) is 20.3 Å². The number of rotatable bonds is 6. The molecule has 0 bridgehead atoms. The van der Waals surface area contributed by atoms with Crippen molar-refractivity contribution in [2.24, 2.45) is 0 Å².